The highest BCUT2D eigenvalue weighted by molar-refractivity contribution is 14.0. The zero-order valence-corrected chi connectivity index (χ0v) is 17.8. The molecule has 2 aromatic heterocycles. The standard InChI is InChI=1S/C19H25N7.HI/c1-20-19(21-9-4-12-25-13-5-10-23-25)22-15-17-7-2-3-8-18(17)16-26-14-6-11-24-26;/h2-3,5-8,10-11,13-14H,4,9,12,15-16H2,1H3,(H2,20,21,22);1H. The second kappa shape index (κ2) is 11.4. The topological polar surface area (TPSA) is 72.1 Å². The van der Waals surface area contributed by atoms with Crippen molar-refractivity contribution >= 4 is 29.9 Å². The van der Waals surface area contributed by atoms with Gasteiger partial charge < -0.3 is 10.6 Å². The first kappa shape index (κ1) is 20.9. The van der Waals surface area contributed by atoms with E-state index in [9.17, 15) is 0 Å². The number of guanidine groups is 1. The summed E-state index contributed by atoms with van der Waals surface area (Å²) in [7, 11) is 1.79. The highest BCUT2D eigenvalue weighted by Gasteiger charge is 2.04. The van der Waals surface area contributed by atoms with Gasteiger partial charge in [-0.25, -0.2) is 0 Å². The molecule has 144 valence electrons. The molecule has 0 saturated carbocycles. The van der Waals surface area contributed by atoms with Crippen LogP contribution in [0.5, 0.6) is 0 Å². The third-order valence-corrected chi connectivity index (χ3v) is 4.10. The van der Waals surface area contributed by atoms with Crippen molar-refractivity contribution in [1.82, 2.24) is 30.2 Å². The molecular formula is C19H26IN7. The number of nitrogens with one attached hydrogen (secondary N) is 2. The van der Waals surface area contributed by atoms with Crippen molar-refractivity contribution < 1.29 is 0 Å². The summed E-state index contributed by atoms with van der Waals surface area (Å²) in [6.45, 7) is 3.22. The molecule has 0 aliphatic heterocycles. The van der Waals surface area contributed by atoms with Gasteiger partial charge in [0, 0.05) is 51.5 Å². The molecule has 0 unspecified atom stereocenters. The Labute approximate surface area is 176 Å². The molecule has 0 fully saturated rings. The summed E-state index contributed by atoms with van der Waals surface area (Å²) < 4.78 is 3.87. The third kappa shape index (κ3) is 6.70. The molecule has 1 aromatic carbocycles. The summed E-state index contributed by atoms with van der Waals surface area (Å²) in [6, 6.07) is 12.3. The minimum absolute atomic E-state index is 0. The minimum atomic E-state index is 0. The fourth-order valence-electron chi connectivity index (χ4n) is 2.73. The van der Waals surface area contributed by atoms with Gasteiger partial charge >= 0.3 is 0 Å². The van der Waals surface area contributed by atoms with Gasteiger partial charge in [-0.2, -0.15) is 10.2 Å². The van der Waals surface area contributed by atoms with E-state index < -0.39 is 0 Å². The molecule has 0 amide bonds. The van der Waals surface area contributed by atoms with Crippen molar-refractivity contribution in [1.29, 1.82) is 0 Å². The first-order valence-corrected chi connectivity index (χ1v) is 8.81. The van der Waals surface area contributed by atoms with Gasteiger partial charge in [-0.15, -0.1) is 24.0 Å². The molecule has 0 radical (unpaired) electrons. The van der Waals surface area contributed by atoms with Crippen LogP contribution in [0.1, 0.15) is 17.5 Å². The number of hydrogen-bond donors (Lipinski definition) is 2. The Bertz CT molecular complexity index is 797. The minimum Gasteiger partial charge on any atom is -0.356 e. The van der Waals surface area contributed by atoms with Gasteiger partial charge in [-0.3, -0.25) is 14.4 Å². The van der Waals surface area contributed by atoms with E-state index in [2.05, 4.69) is 50.1 Å². The molecule has 3 aromatic rings. The van der Waals surface area contributed by atoms with Crippen LogP contribution in [0.25, 0.3) is 0 Å². The second-order valence-corrected chi connectivity index (χ2v) is 5.95. The van der Waals surface area contributed by atoms with Crippen molar-refractivity contribution in [2.45, 2.75) is 26.1 Å². The average Bonchev–Trinajstić information content (AvgIpc) is 3.36. The van der Waals surface area contributed by atoms with E-state index in [1.807, 2.05) is 33.9 Å². The maximum atomic E-state index is 4.30. The molecule has 8 heteroatoms. The lowest BCUT2D eigenvalue weighted by molar-refractivity contribution is 0.570. The quantitative estimate of drug-likeness (QED) is 0.226. The lowest BCUT2D eigenvalue weighted by atomic mass is 10.1. The molecule has 0 aliphatic rings. The maximum absolute atomic E-state index is 4.30. The van der Waals surface area contributed by atoms with Crippen molar-refractivity contribution in [3.05, 3.63) is 72.3 Å². The largest absolute Gasteiger partial charge is 0.356 e. The summed E-state index contributed by atoms with van der Waals surface area (Å²) in [5, 5.41) is 15.2. The smallest absolute Gasteiger partial charge is 0.191 e. The summed E-state index contributed by atoms with van der Waals surface area (Å²) in [6.07, 6.45) is 8.54. The van der Waals surface area contributed by atoms with E-state index in [4.69, 9.17) is 0 Å². The first-order valence-electron chi connectivity index (χ1n) is 8.81. The third-order valence-electron chi connectivity index (χ3n) is 4.10. The van der Waals surface area contributed by atoms with Gasteiger partial charge in [-0.1, -0.05) is 24.3 Å². The summed E-state index contributed by atoms with van der Waals surface area (Å²) in [5.74, 6) is 0.805. The zero-order chi connectivity index (χ0) is 18.0. The average molecular weight is 479 g/mol. The Morgan fingerprint density at radius 3 is 2.33 bits per heavy atom. The highest BCUT2D eigenvalue weighted by atomic mass is 127. The van der Waals surface area contributed by atoms with Crippen molar-refractivity contribution in [2.24, 2.45) is 4.99 Å². The summed E-state index contributed by atoms with van der Waals surface area (Å²) in [5.41, 5.74) is 2.49. The van der Waals surface area contributed by atoms with Crippen LogP contribution in [0.15, 0.2) is 66.2 Å². The molecular weight excluding hydrogens is 453 g/mol. The molecule has 0 atom stereocenters. The highest BCUT2D eigenvalue weighted by Crippen LogP contribution is 2.10. The van der Waals surface area contributed by atoms with Gasteiger partial charge in [0.25, 0.3) is 0 Å². The molecule has 3 rings (SSSR count). The fourth-order valence-corrected chi connectivity index (χ4v) is 2.73. The Hall–Kier alpha value is -2.36. The van der Waals surface area contributed by atoms with Gasteiger partial charge in [0.05, 0.1) is 6.54 Å². The van der Waals surface area contributed by atoms with Gasteiger partial charge in [-0.05, 0) is 29.7 Å². The van der Waals surface area contributed by atoms with Crippen LogP contribution in [-0.4, -0.2) is 39.1 Å². The van der Waals surface area contributed by atoms with Crippen LogP contribution in [0.3, 0.4) is 0 Å². The lowest BCUT2D eigenvalue weighted by Gasteiger charge is -2.14. The zero-order valence-electron chi connectivity index (χ0n) is 15.5. The molecule has 27 heavy (non-hydrogen) atoms. The van der Waals surface area contributed by atoms with Crippen molar-refractivity contribution in [3.8, 4) is 0 Å². The second-order valence-electron chi connectivity index (χ2n) is 5.95. The van der Waals surface area contributed by atoms with E-state index in [1.165, 1.54) is 11.1 Å². The molecule has 0 bridgehead atoms. The van der Waals surface area contributed by atoms with E-state index in [1.54, 1.807) is 19.4 Å². The summed E-state index contributed by atoms with van der Waals surface area (Å²) in [4.78, 5) is 4.30. The maximum Gasteiger partial charge on any atom is 0.191 e. The van der Waals surface area contributed by atoms with Gasteiger partial charge in [0.2, 0.25) is 0 Å². The molecule has 2 N–H and O–H groups in total. The van der Waals surface area contributed by atoms with Crippen LogP contribution in [0, 0.1) is 0 Å². The number of benzene rings is 1. The van der Waals surface area contributed by atoms with Gasteiger partial charge in [0.15, 0.2) is 5.96 Å². The molecule has 0 saturated heterocycles. The van der Waals surface area contributed by atoms with Crippen molar-refractivity contribution in [3.63, 3.8) is 0 Å². The monoisotopic (exact) mass is 479 g/mol. The number of rotatable bonds is 8. The summed E-state index contributed by atoms with van der Waals surface area (Å²) >= 11 is 0. The number of hydrogen-bond acceptors (Lipinski definition) is 3. The van der Waals surface area contributed by atoms with E-state index >= 15 is 0 Å². The Balaban J connectivity index is 0.00000261. The number of aryl methyl sites for hydroxylation is 1. The molecule has 0 aliphatic carbocycles. The molecule has 2 heterocycles. The number of halogens is 1. The normalized spacial score (nSPS) is 11.1. The predicted octanol–water partition coefficient (Wildman–Crippen LogP) is 2.50. The van der Waals surface area contributed by atoms with Crippen molar-refractivity contribution in [2.75, 3.05) is 13.6 Å². The predicted molar refractivity (Wildman–Crippen MR) is 118 cm³/mol. The van der Waals surface area contributed by atoms with Gasteiger partial charge in [0.1, 0.15) is 0 Å². The lowest BCUT2D eigenvalue weighted by Crippen LogP contribution is -2.37. The molecule has 7 nitrogen and oxygen atoms in total. The SMILES string of the molecule is CN=C(NCCCn1cccn1)NCc1ccccc1Cn1cccn1.I. The first-order chi connectivity index (χ1) is 12.8. The van der Waals surface area contributed by atoms with Crippen LogP contribution >= 0.6 is 24.0 Å². The van der Waals surface area contributed by atoms with Crippen LogP contribution in [-0.2, 0) is 19.6 Å². The van der Waals surface area contributed by atoms with Crippen LogP contribution in [0.2, 0.25) is 0 Å². The van der Waals surface area contributed by atoms with E-state index in [0.717, 1.165) is 38.6 Å². The van der Waals surface area contributed by atoms with Crippen LogP contribution in [0.4, 0.5) is 0 Å². The Kier molecular flexibility index (Phi) is 8.82. The number of nitrogens with zero attached hydrogens (tertiary/aromatic N) is 5. The number of aromatic nitrogens is 4. The van der Waals surface area contributed by atoms with E-state index in [-0.39, 0.29) is 24.0 Å². The van der Waals surface area contributed by atoms with E-state index in [0.29, 0.717) is 0 Å². The number of aliphatic imine (C=N–C) groups is 1. The Morgan fingerprint density at radius 1 is 0.963 bits per heavy atom. The fraction of sp³-hybridized carbons (Fsp3) is 0.316. The van der Waals surface area contributed by atoms with Crippen LogP contribution < -0.4 is 10.6 Å². The molecule has 0 spiro atoms. The Morgan fingerprint density at radius 2 is 1.67 bits per heavy atom.